The molecule has 132 valence electrons. The Labute approximate surface area is 152 Å². The molecule has 0 saturated heterocycles. The van der Waals surface area contributed by atoms with Crippen molar-refractivity contribution < 1.29 is 9.53 Å². The standard InChI is InChI=1S/C20H20N4O2/c1-15-6-5-9-17(14-15)22-20(25)21-12-13-26-19-11-10-18(23-24-19)16-7-3-2-4-8-16/h2-11,14H,12-13H2,1H3,(H2,21,22,25). The number of urea groups is 1. The number of rotatable bonds is 6. The van der Waals surface area contributed by atoms with Gasteiger partial charge in [0.25, 0.3) is 0 Å². The van der Waals surface area contributed by atoms with Crippen LogP contribution in [0.4, 0.5) is 10.5 Å². The molecule has 0 aliphatic rings. The lowest BCUT2D eigenvalue weighted by molar-refractivity contribution is 0.246. The molecule has 1 aromatic heterocycles. The van der Waals surface area contributed by atoms with Crippen molar-refractivity contribution in [3.05, 3.63) is 72.3 Å². The number of aromatic nitrogens is 2. The predicted molar refractivity (Wildman–Crippen MR) is 101 cm³/mol. The fraction of sp³-hybridized carbons (Fsp3) is 0.150. The molecule has 6 nitrogen and oxygen atoms in total. The van der Waals surface area contributed by atoms with Crippen LogP contribution in [0.25, 0.3) is 11.3 Å². The fourth-order valence-electron chi connectivity index (χ4n) is 2.38. The van der Waals surface area contributed by atoms with Gasteiger partial charge >= 0.3 is 6.03 Å². The van der Waals surface area contributed by atoms with Gasteiger partial charge in [0.1, 0.15) is 6.61 Å². The topological polar surface area (TPSA) is 76.1 Å². The highest BCUT2D eigenvalue weighted by Crippen LogP contribution is 2.16. The summed E-state index contributed by atoms with van der Waals surface area (Å²) < 4.78 is 5.50. The molecule has 0 fully saturated rings. The van der Waals surface area contributed by atoms with E-state index in [0.717, 1.165) is 22.5 Å². The van der Waals surface area contributed by atoms with Crippen molar-refractivity contribution in [2.75, 3.05) is 18.5 Å². The molecule has 0 aliphatic carbocycles. The molecule has 2 amide bonds. The van der Waals surface area contributed by atoms with Crippen molar-refractivity contribution in [3.63, 3.8) is 0 Å². The zero-order chi connectivity index (χ0) is 18.2. The maximum Gasteiger partial charge on any atom is 0.319 e. The minimum absolute atomic E-state index is 0.273. The zero-order valence-electron chi connectivity index (χ0n) is 14.5. The maximum absolute atomic E-state index is 11.8. The Hall–Kier alpha value is -3.41. The van der Waals surface area contributed by atoms with Crippen LogP contribution in [0.5, 0.6) is 5.88 Å². The number of carbonyl (C=O) groups is 1. The molecule has 1 heterocycles. The second kappa shape index (κ2) is 8.62. The number of hydrogen-bond donors (Lipinski definition) is 2. The van der Waals surface area contributed by atoms with Crippen LogP contribution in [0.1, 0.15) is 5.56 Å². The number of ether oxygens (including phenoxy) is 1. The number of amides is 2. The van der Waals surface area contributed by atoms with Crippen LogP contribution < -0.4 is 15.4 Å². The van der Waals surface area contributed by atoms with E-state index in [1.165, 1.54) is 0 Å². The van der Waals surface area contributed by atoms with Gasteiger partial charge in [-0.1, -0.05) is 42.5 Å². The molecule has 3 aromatic rings. The fourth-order valence-corrected chi connectivity index (χ4v) is 2.38. The highest BCUT2D eigenvalue weighted by Gasteiger charge is 2.03. The molecular formula is C20H20N4O2. The van der Waals surface area contributed by atoms with Gasteiger partial charge in [0.2, 0.25) is 5.88 Å². The van der Waals surface area contributed by atoms with Crippen LogP contribution in [0.2, 0.25) is 0 Å². The molecule has 0 spiro atoms. The Kier molecular flexibility index (Phi) is 5.77. The Morgan fingerprint density at radius 3 is 2.58 bits per heavy atom. The lowest BCUT2D eigenvalue weighted by Gasteiger charge is -2.09. The summed E-state index contributed by atoms with van der Waals surface area (Å²) in [6, 6.07) is 20.8. The van der Waals surface area contributed by atoms with E-state index in [0.29, 0.717) is 19.0 Å². The maximum atomic E-state index is 11.8. The minimum Gasteiger partial charge on any atom is -0.475 e. The summed E-state index contributed by atoms with van der Waals surface area (Å²) in [5.74, 6) is 0.422. The Morgan fingerprint density at radius 2 is 1.85 bits per heavy atom. The van der Waals surface area contributed by atoms with Crippen molar-refractivity contribution in [1.29, 1.82) is 0 Å². The minimum atomic E-state index is -0.273. The predicted octanol–water partition coefficient (Wildman–Crippen LogP) is 3.65. The van der Waals surface area contributed by atoms with Gasteiger partial charge in [-0.05, 0) is 30.7 Å². The summed E-state index contributed by atoms with van der Waals surface area (Å²) in [5.41, 5.74) is 3.63. The van der Waals surface area contributed by atoms with Gasteiger partial charge in [0.05, 0.1) is 12.2 Å². The average Bonchev–Trinajstić information content (AvgIpc) is 2.66. The molecule has 3 rings (SSSR count). The zero-order valence-corrected chi connectivity index (χ0v) is 14.5. The SMILES string of the molecule is Cc1cccc(NC(=O)NCCOc2ccc(-c3ccccc3)nn2)c1. The van der Waals surface area contributed by atoms with Crippen molar-refractivity contribution in [3.8, 4) is 17.1 Å². The van der Waals surface area contributed by atoms with E-state index in [1.807, 2.05) is 67.6 Å². The van der Waals surface area contributed by atoms with Crippen LogP contribution in [-0.4, -0.2) is 29.4 Å². The van der Waals surface area contributed by atoms with Crippen molar-refractivity contribution in [2.45, 2.75) is 6.92 Å². The molecule has 0 bridgehead atoms. The van der Waals surface area contributed by atoms with Crippen molar-refractivity contribution in [2.24, 2.45) is 0 Å². The van der Waals surface area contributed by atoms with Gasteiger partial charge in [0, 0.05) is 17.3 Å². The summed E-state index contributed by atoms with van der Waals surface area (Å²) in [7, 11) is 0. The smallest absolute Gasteiger partial charge is 0.319 e. The van der Waals surface area contributed by atoms with E-state index in [1.54, 1.807) is 6.07 Å². The molecule has 0 radical (unpaired) electrons. The van der Waals surface area contributed by atoms with Gasteiger partial charge in [-0.2, -0.15) is 0 Å². The molecule has 2 N–H and O–H groups in total. The van der Waals surface area contributed by atoms with Gasteiger partial charge < -0.3 is 15.4 Å². The molecule has 26 heavy (non-hydrogen) atoms. The number of aryl methyl sites for hydroxylation is 1. The lowest BCUT2D eigenvalue weighted by atomic mass is 10.1. The van der Waals surface area contributed by atoms with Crippen LogP contribution in [0.3, 0.4) is 0 Å². The molecule has 0 unspecified atom stereocenters. The quantitative estimate of drug-likeness (QED) is 0.667. The van der Waals surface area contributed by atoms with E-state index in [2.05, 4.69) is 20.8 Å². The molecule has 0 saturated carbocycles. The highest BCUT2D eigenvalue weighted by molar-refractivity contribution is 5.89. The van der Waals surface area contributed by atoms with E-state index in [9.17, 15) is 4.79 Å². The Balaban J connectivity index is 1.41. The summed E-state index contributed by atoms with van der Waals surface area (Å²) in [5, 5.41) is 13.7. The van der Waals surface area contributed by atoms with Crippen LogP contribution in [0.15, 0.2) is 66.7 Å². The van der Waals surface area contributed by atoms with Crippen LogP contribution >= 0.6 is 0 Å². The second-order valence-corrected chi connectivity index (χ2v) is 5.72. The third-order valence-corrected chi connectivity index (χ3v) is 3.62. The first-order chi connectivity index (χ1) is 12.7. The van der Waals surface area contributed by atoms with E-state index in [-0.39, 0.29) is 6.03 Å². The lowest BCUT2D eigenvalue weighted by Crippen LogP contribution is -2.32. The molecule has 0 atom stereocenters. The number of carbonyl (C=O) groups excluding carboxylic acids is 1. The van der Waals surface area contributed by atoms with E-state index >= 15 is 0 Å². The Morgan fingerprint density at radius 1 is 1.00 bits per heavy atom. The normalized spacial score (nSPS) is 10.2. The first-order valence-electron chi connectivity index (χ1n) is 8.34. The number of benzene rings is 2. The summed E-state index contributed by atoms with van der Waals surface area (Å²) in [6.45, 7) is 2.64. The monoisotopic (exact) mass is 348 g/mol. The second-order valence-electron chi connectivity index (χ2n) is 5.72. The molecule has 6 heteroatoms. The third-order valence-electron chi connectivity index (χ3n) is 3.62. The average molecular weight is 348 g/mol. The van der Waals surface area contributed by atoms with E-state index < -0.39 is 0 Å². The van der Waals surface area contributed by atoms with Gasteiger partial charge in [0.15, 0.2) is 0 Å². The highest BCUT2D eigenvalue weighted by atomic mass is 16.5. The molecular weight excluding hydrogens is 328 g/mol. The van der Waals surface area contributed by atoms with Gasteiger partial charge in [-0.15, -0.1) is 10.2 Å². The Bertz CT molecular complexity index is 851. The summed E-state index contributed by atoms with van der Waals surface area (Å²) in [4.78, 5) is 11.8. The number of nitrogens with one attached hydrogen (secondary N) is 2. The number of hydrogen-bond acceptors (Lipinski definition) is 4. The van der Waals surface area contributed by atoms with Crippen LogP contribution in [-0.2, 0) is 0 Å². The van der Waals surface area contributed by atoms with Gasteiger partial charge in [-0.3, -0.25) is 0 Å². The van der Waals surface area contributed by atoms with E-state index in [4.69, 9.17) is 4.74 Å². The van der Waals surface area contributed by atoms with Crippen molar-refractivity contribution in [1.82, 2.24) is 15.5 Å². The molecule has 0 aliphatic heterocycles. The molecule has 2 aromatic carbocycles. The first-order valence-corrected chi connectivity index (χ1v) is 8.34. The summed E-state index contributed by atoms with van der Waals surface area (Å²) in [6.07, 6.45) is 0. The van der Waals surface area contributed by atoms with Crippen LogP contribution in [0, 0.1) is 6.92 Å². The number of anilines is 1. The number of nitrogens with zero attached hydrogens (tertiary/aromatic N) is 2. The largest absolute Gasteiger partial charge is 0.475 e. The first kappa shape index (κ1) is 17.4. The van der Waals surface area contributed by atoms with Crippen molar-refractivity contribution >= 4 is 11.7 Å². The summed E-state index contributed by atoms with van der Waals surface area (Å²) >= 11 is 0. The third kappa shape index (κ3) is 5.04. The van der Waals surface area contributed by atoms with Gasteiger partial charge in [-0.25, -0.2) is 4.79 Å².